The van der Waals surface area contributed by atoms with Crippen molar-refractivity contribution in [1.82, 2.24) is 25.0 Å². The first-order valence-corrected chi connectivity index (χ1v) is 8.99. The second-order valence-corrected chi connectivity index (χ2v) is 6.41. The summed E-state index contributed by atoms with van der Waals surface area (Å²) in [5, 5.41) is 3.97. The smallest absolute Gasteiger partial charge is 0.257 e. The fraction of sp³-hybridized carbons (Fsp3) is 0.316. The Bertz CT molecular complexity index is 922. The summed E-state index contributed by atoms with van der Waals surface area (Å²) in [6, 6.07) is 9.53. The largest absolute Gasteiger partial charge is 0.378 e. The molecule has 0 atom stereocenters. The molecule has 3 heterocycles. The van der Waals surface area contributed by atoms with E-state index in [1.54, 1.807) is 19.4 Å². The summed E-state index contributed by atoms with van der Waals surface area (Å²) in [5.74, 6) is 1.25. The Morgan fingerprint density at radius 3 is 2.57 bits per heavy atom. The molecule has 144 valence electrons. The molecule has 0 bridgehead atoms. The van der Waals surface area contributed by atoms with Crippen LogP contribution in [0.25, 0.3) is 11.4 Å². The molecule has 1 fully saturated rings. The molecule has 0 saturated carbocycles. The van der Waals surface area contributed by atoms with Gasteiger partial charge in [-0.15, -0.1) is 0 Å². The molecule has 1 saturated heterocycles. The Morgan fingerprint density at radius 1 is 1.14 bits per heavy atom. The van der Waals surface area contributed by atoms with Crippen LogP contribution in [0.5, 0.6) is 0 Å². The van der Waals surface area contributed by atoms with E-state index >= 15 is 0 Å². The second-order valence-electron chi connectivity index (χ2n) is 6.41. The van der Waals surface area contributed by atoms with Crippen LogP contribution in [0, 0.1) is 0 Å². The maximum atomic E-state index is 12.6. The molecule has 2 aromatic heterocycles. The highest BCUT2D eigenvalue weighted by Gasteiger charge is 2.18. The minimum absolute atomic E-state index is 0.198. The molecule has 9 nitrogen and oxygen atoms in total. The molecule has 3 aromatic rings. The fourth-order valence-electron chi connectivity index (χ4n) is 2.88. The molecule has 9 heteroatoms. The summed E-state index contributed by atoms with van der Waals surface area (Å²) < 4.78 is 10.6. The minimum Gasteiger partial charge on any atom is -0.378 e. The van der Waals surface area contributed by atoms with Crippen LogP contribution in [0.15, 0.2) is 47.2 Å². The number of hydrogen-bond acceptors (Lipinski definition) is 8. The molecule has 0 N–H and O–H groups in total. The van der Waals surface area contributed by atoms with Crippen LogP contribution in [-0.4, -0.2) is 64.3 Å². The zero-order chi connectivity index (χ0) is 19.3. The predicted molar refractivity (Wildman–Crippen MR) is 101 cm³/mol. The minimum atomic E-state index is -0.215. The van der Waals surface area contributed by atoms with Crippen LogP contribution in [-0.2, 0) is 11.3 Å². The summed E-state index contributed by atoms with van der Waals surface area (Å²) in [6.07, 6.45) is 3.08. The Balaban J connectivity index is 1.40. The lowest BCUT2D eigenvalue weighted by atomic mass is 10.2. The van der Waals surface area contributed by atoms with Gasteiger partial charge in [-0.25, -0.2) is 9.97 Å². The maximum absolute atomic E-state index is 12.6. The number of amides is 1. The molecule has 1 aromatic carbocycles. The van der Waals surface area contributed by atoms with Crippen molar-refractivity contribution in [3.8, 4) is 11.4 Å². The van der Waals surface area contributed by atoms with Crippen molar-refractivity contribution in [2.75, 3.05) is 38.3 Å². The van der Waals surface area contributed by atoms with Crippen LogP contribution < -0.4 is 4.90 Å². The highest BCUT2D eigenvalue weighted by molar-refractivity contribution is 5.93. The van der Waals surface area contributed by atoms with Gasteiger partial charge >= 0.3 is 0 Å². The number of aromatic nitrogens is 4. The van der Waals surface area contributed by atoms with Gasteiger partial charge in [0, 0.05) is 38.1 Å². The summed E-state index contributed by atoms with van der Waals surface area (Å²) in [7, 11) is 1.67. The molecular formula is C19H20N6O3. The Kier molecular flexibility index (Phi) is 5.24. The summed E-state index contributed by atoms with van der Waals surface area (Å²) >= 11 is 0. The van der Waals surface area contributed by atoms with Crippen molar-refractivity contribution in [2.24, 2.45) is 0 Å². The average molecular weight is 380 g/mol. The third kappa shape index (κ3) is 3.99. The van der Waals surface area contributed by atoms with E-state index in [4.69, 9.17) is 9.26 Å². The van der Waals surface area contributed by atoms with Crippen molar-refractivity contribution in [2.45, 2.75) is 6.54 Å². The lowest BCUT2D eigenvalue weighted by Crippen LogP contribution is -2.37. The molecule has 0 spiro atoms. The monoisotopic (exact) mass is 380 g/mol. The highest BCUT2D eigenvalue weighted by atomic mass is 16.5. The van der Waals surface area contributed by atoms with E-state index in [1.807, 2.05) is 35.2 Å². The highest BCUT2D eigenvalue weighted by Crippen LogP contribution is 2.16. The van der Waals surface area contributed by atoms with Gasteiger partial charge in [-0.3, -0.25) is 4.79 Å². The molecule has 28 heavy (non-hydrogen) atoms. The molecular weight excluding hydrogens is 360 g/mol. The standard InChI is InChI=1S/C19H20N6O3/c1-24(13-16-22-17(23-28-16)14-5-3-2-4-6-14)18(26)15-11-20-19(21-12-15)25-7-9-27-10-8-25/h2-6,11-12H,7-10,13H2,1H3. The Labute approximate surface area is 162 Å². The summed E-state index contributed by atoms with van der Waals surface area (Å²) in [6.45, 7) is 3.00. The van der Waals surface area contributed by atoms with Crippen LogP contribution in [0.2, 0.25) is 0 Å². The van der Waals surface area contributed by atoms with Crippen molar-refractivity contribution < 1.29 is 14.1 Å². The number of morpholine rings is 1. The van der Waals surface area contributed by atoms with Crippen LogP contribution in [0.3, 0.4) is 0 Å². The zero-order valence-electron chi connectivity index (χ0n) is 15.5. The van der Waals surface area contributed by atoms with E-state index in [-0.39, 0.29) is 12.5 Å². The van der Waals surface area contributed by atoms with E-state index in [1.165, 1.54) is 4.90 Å². The maximum Gasteiger partial charge on any atom is 0.257 e. The van der Waals surface area contributed by atoms with Crippen LogP contribution in [0.4, 0.5) is 5.95 Å². The number of carbonyl (C=O) groups is 1. The van der Waals surface area contributed by atoms with Gasteiger partial charge in [0.25, 0.3) is 5.91 Å². The number of ether oxygens (including phenoxy) is 1. The summed E-state index contributed by atoms with van der Waals surface area (Å²) in [4.78, 5) is 29.1. The van der Waals surface area contributed by atoms with Gasteiger partial charge < -0.3 is 19.1 Å². The quantitative estimate of drug-likeness (QED) is 0.659. The topological polar surface area (TPSA) is 97.5 Å². The molecule has 0 radical (unpaired) electrons. The zero-order valence-corrected chi connectivity index (χ0v) is 15.5. The van der Waals surface area contributed by atoms with E-state index in [0.717, 1.165) is 18.7 Å². The van der Waals surface area contributed by atoms with E-state index in [9.17, 15) is 4.79 Å². The number of rotatable bonds is 5. The van der Waals surface area contributed by atoms with Crippen LogP contribution >= 0.6 is 0 Å². The van der Waals surface area contributed by atoms with Gasteiger partial charge in [0.15, 0.2) is 0 Å². The van der Waals surface area contributed by atoms with Gasteiger partial charge in [0.1, 0.15) is 0 Å². The SMILES string of the molecule is CN(Cc1nc(-c2ccccc2)no1)C(=O)c1cnc(N2CCOCC2)nc1. The van der Waals surface area contributed by atoms with Gasteiger partial charge in [-0.2, -0.15) is 4.98 Å². The van der Waals surface area contributed by atoms with Gasteiger partial charge in [-0.05, 0) is 0 Å². The number of benzene rings is 1. The molecule has 0 unspecified atom stereocenters. The number of nitrogens with zero attached hydrogens (tertiary/aromatic N) is 6. The predicted octanol–water partition coefficient (Wildman–Crippen LogP) is 1.64. The first-order valence-electron chi connectivity index (χ1n) is 8.99. The third-order valence-electron chi connectivity index (χ3n) is 4.40. The first-order chi connectivity index (χ1) is 13.7. The van der Waals surface area contributed by atoms with Crippen molar-refractivity contribution in [3.05, 3.63) is 54.2 Å². The molecule has 1 aliphatic rings. The van der Waals surface area contributed by atoms with Gasteiger partial charge in [-0.1, -0.05) is 35.5 Å². The number of hydrogen-bond donors (Lipinski definition) is 0. The number of carbonyl (C=O) groups excluding carboxylic acids is 1. The van der Waals surface area contributed by atoms with Crippen molar-refractivity contribution in [3.63, 3.8) is 0 Å². The van der Waals surface area contributed by atoms with E-state index in [0.29, 0.717) is 36.4 Å². The van der Waals surface area contributed by atoms with Gasteiger partial charge in [0.05, 0.1) is 25.3 Å². The molecule has 0 aliphatic carbocycles. The average Bonchev–Trinajstić information content (AvgIpc) is 3.23. The van der Waals surface area contributed by atoms with E-state index in [2.05, 4.69) is 20.1 Å². The van der Waals surface area contributed by atoms with Crippen molar-refractivity contribution in [1.29, 1.82) is 0 Å². The normalized spacial score (nSPS) is 14.1. The summed E-state index contributed by atoms with van der Waals surface area (Å²) in [5.41, 5.74) is 1.26. The lowest BCUT2D eigenvalue weighted by molar-refractivity contribution is 0.0768. The number of anilines is 1. The van der Waals surface area contributed by atoms with Crippen LogP contribution in [0.1, 0.15) is 16.2 Å². The molecule has 1 aliphatic heterocycles. The fourth-order valence-corrected chi connectivity index (χ4v) is 2.88. The second kappa shape index (κ2) is 8.13. The molecule has 1 amide bonds. The molecule has 4 rings (SSSR count). The lowest BCUT2D eigenvalue weighted by Gasteiger charge is -2.26. The van der Waals surface area contributed by atoms with Crippen molar-refractivity contribution >= 4 is 11.9 Å². The van der Waals surface area contributed by atoms with E-state index < -0.39 is 0 Å². The Morgan fingerprint density at radius 2 is 1.86 bits per heavy atom. The Hall–Kier alpha value is -3.33. The third-order valence-corrected chi connectivity index (χ3v) is 4.40. The first kappa shape index (κ1) is 18.1. The van der Waals surface area contributed by atoms with Gasteiger partial charge in [0.2, 0.25) is 17.7 Å².